The van der Waals surface area contributed by atoms with Gasteiger partial charge in [0.1, 0.15) is 11.6 Å². The number of carbonyl (C=O) groups excluding carboxylic acids is 2. The molecule has 0 bridgehead atoms. The maximum Gasteiger partial charge on any atom is 0.258 e. The van der Waals surface area contributed by atoms with E-state index >= 15 is 0 Å². The van der Waals surface area contributed by atoms with Crippen LogP contribution in [0.5, 0.6) is 0 Å². The zero-order chi connectivity index (χ0) is 19.7. The van der Waals surface area contributed by atoms with Gasteiger partial charge in [-0.05, 0) is 24.3 Å². The lowest BCUT2D eigenvalue weighted by atomic mass is 9.92. The van der Waals surface area contributed by atoms with Crippen molar-refractivity contribution in [3.63, 3.8) is 0 Å². The molecule has 0 radical (unpaired) electrons. The van der Waals surface area contributed by atoms with E-state index in [1.165, 1.54) is 24.3 Å². The molecule has 1 saturated heterocycles. The van der Waals surface area contributed by atoms with Crippen LogP contribution in [0.3, 0.4) is 0 Å². The third-order valence-corrected chi connectivity index (χ3v) is 4.68. The number of fused-ring (bicyclic) bond motifs is 1. The van der Waals surface area contributed by atoms with Crippen LogP contribution >= 0.6 is 0 Å². The molecular weight excluding hydrogens is 369 g/mol. The molecule has 0 saturated carbocycles. The van der Waals surface area contributed by atoms with Gasteiger partial charge in [-0.2, -0.15) is 4.98 Å². The van der Waals surface area contributed by atoms with Crippen LogP contribution in [0.15, 0.2) is 29.1 Å². The maximum absolute atomic E-state index is 13.0. The van der Waals surface area contributed by atoms with Gasteiger partial charge in [0.2, 0.25) is 17.8 Å². The summed E-state index contributed by atoms with van der Waals surface area (Å²) in [6, 6.07) is 5.22. The van der Waals surface area contributed by atoms with E-state index < -0.39 is 29.1 Å². The van der Waals surface area contributed by atoms with Crippen molar-refractivity contribution < 1.29 is 18.7 Å². The summed E-state index contributed by atoms with van der Waals surface area (Å²) in [4.78, 5) is 46.4. The first-order valence-corrected chi connectivity index (χ1v) is 8.84. The van der Waals surface area contributed by atoms with Crippen LogP contribution in [-0.4, -0.2) is 48.1 Å². The summed E-state index contributed by atoms with van der Waals surface area (Å²) < 4.78 is 18.3. The smallest absolute Gasteiger partial charge is 0.258 e. The highest BCUT2D eigenvalue weighted by Gasteiger charge is 2.35. The van der Waals surface area contributed by atoms with Crippen molar-refractivity contribution >= 4 is 29.3 Å². The van der Waals surface area contributed by atoms with Crippen molar-refractivity contribution in [3.8, 4) is 0 Å². The van der Waals surface area contributed by atoms with Crippen molar-refractivity contribution in [3.05, 3.63) is 46.0 Å². The number of ether oxygens (including phenoxy) is 1. The zero-order valence-electron chi connectivity index (χ0n) is 14.8. The molecule has 1 fully saturated rings. The Morgan fingerprint density at radius 3 is 2.64 bits per heavy atom. The Hall–Kier alpha value is -3.27. The van der Waals surface area contributed by atoms with E-state index in [2.05, 4.69) is 20.6 Å². The fourth-order valence-corrected chi connectivity index (χ4v) is 3.27. The first-order valence-electron chi connectivity index (χ1n) is 8.84. The predicted molar refractivity (Wildman–Crippen MR) is 98.9 cm³/mol. The highest BCUT2D eigenvalue weighted by molar-refractivity contribution is 6.04. The summed E-state index contributed by atoms with van der Waals surface area (Å²) in [7, 11) is 0. The molecule has 1 aromatic heterocycles. The number of halogens is 1. The van der Waals surface area contributed by atoms with Crippen molar-refractivity contribution in [2.75, 3.05) is 41.8 Å². The average Bonchev–Trinajstić information content (AvgIpc) is 2.69. The molecule has 9 nitrogen and oxygen atoms in total. The SMILES string of the molecule is O=C1C[C@H](C(=O)Nc2ccc(F)cc2)c2c(nc(N3CCOCC3)[nH]c2=O)N1. The van der Waals surface area contributed by atoms with Crippen molar-refractivity contribution in [2.24, 2.45) is 0 Å². The molecule has 1 atom stereocenters. The van der Waals surface area contributed by atoms with Crippen LogP contribution in [0.4, 0.5) is 21.8 Å². The monoisotopic (exact) mass is 387 g/mol. The van der Waals surface area contributed by atoms with Gasteiger partial charge in [-0.25, -0.2) is 4.39 Å². The first kappa shape index (κ1) is 18.1. The lowest BCUT2D eigenvalue weighted by Crippen LogP contribution is -2.41. The van der Waals surface area contributed by atoms with E-state index in [0.29, 0.717) is 37.9 Å². The summed E-state index contributed by atoms with van der Waals surface area (Å²) >= 11 is 0. The molecule has 146 valence electrons. The van der Waals surface area contributed by atoms with Gasteiger partial charge in [0, 0.05) is 25.2 Å². The van der Waals surface area contributed by atoms with Gasteiger partial charge in [-0.15, -0.1) is 0 Å². The molecule has 28 heavy (non-hydrogen) atoms. The van der Waals surface area contributed by atoms with Crippen LogP contribution < -0.4 is 21.1 Å². The molecular formula is C18H18FN5O4. The number of hydrogen-bond donors (Lipinski definition) is 3. The number of aromatic amines is 1. The van der Waals surface area contributed by atoms with Crippen molar-refractivity contribution in [1.82, 2.24) is 9.97 Å². The van der Waals surface area contributed by atoms with Gasteiger partial charge >= 0.3 is 0 Å². The van der Waals surface area contributed by atoms with Crippen molar-refractivity contribution in [2.45, 2.75) is 12.3 Å². The minimum atomic E-state index is -0.996. The number of anilines is 3. The molecule has 10 heteroatoms. The topological polar surface area (TPSA) is 116 Å². The molecule has 2 aliphatic rings. The highest BCUT2D eigenvalue weighted by Crippen LogP contribution is 2.30. The van der Waals surface area contributed by atoms with E-state index in [1.54, 1.807) is 0 Å². The molecule has 3 heterocycles. The van der Waals surface area contributed by atoms with Crippen LogP contribution in [0, 0.1) is 5.82 Å². The molecule has 0 aliphatic carbocycles. The third-order valence-electron chi connectivity index (χ3n) is 4.68. The number of benzene rings is 1. The fraction of sp³-hybridized carbons (Fsp3) is 0.333. The Labute approximate surface area is 158 Å². The van der Waals surface area contributed by atoms with E-state index in [1.807, 2.05) is 4.90 Å². The normalized spacial score (nSPS) is 19.0. The molecule has 1 aromatic carbocycles. The number of carbonyl (C=O) groups is 2. The van der Waals surface area contributed by atoms with Crippen LogP contribution in [0.25, 0.3) is 0 Å². The summed E-state index contributed by atoms with van der Waals surface area (Å²) in [6.45, 7) is 2.14. The van der Waals surface area contributed by atoms with Gasteiger partial charge < -0.3 is 20.3 Å². The Balaban J connectivity index is 1.64. The van der Waals surface area contributed by atoms with Crippen LogP contribution in [-0.2, 0) is 14.3 Å². The molecule has 0 unspecified atom stereocenters. The summed E-state index contributed by atoms with van der Waals surface area (Å²) in [5.74, 6) is -1.96. The molecule has 4 rings (SSSR count). The second kappa shape index (κ2) is 7.39. The first-order chi connectivity index (χ1) is 13.5. The number of nitrogens with one attached hydrogen (secondary N) is 3. The van der Waals surface area contributed by atoms with E-state index in [0.717, 1.165) is 0 Å². The Bertz CT molecular complexity index is 969. The largest absolute Gasteiger partial charge is 0.378 e. The van der Waals surface area contributed by atoms with Gasteiger partial charge in [-0.3, -0.25) is 19.4 Å². The number of rotatable bonds is 3. The number of amides is 2. The number of H-pyrrole nitrogens is 1. The maximum atomic E-state index is 13.0. The molecule has 0 spiro atoms. The van der Waals surface area contributed by atoms with Crippen molar-refractivity contribution in [1.29, 1.82) is 0 Å². The van der Waals surface area contributed by atoms with Crippen LogP contribution in [0.1, 0.15) is 17.9 Å². The Morgan fingerprint density at radius 1 is 1.21 bits per heavy atom. The second-order valence-electron chi connectivity index (χ2n) is 6.55. The molecule has 3 N–H and O–H groups in total. The van der Waals surface area contributed by atoms with E-state index in [-0.39, 0.29) is 17.8 Å². The zero-order valence-corrected chi connectivity index (χ0v) is 14.8. The fourth-order valence-electron chi connectivity index (χ4n) is 3.27. The minimum Gasteiger partial charge on any atom is -0.378 e. The third kappa shape index (κ3) is 3.58. The number of hydrogen-bond acceptors (Lipinski definition) is 6. The van der Waals surface area contributed by atoms with E-state index in [4.69, 9.17) is 4.74 Å². The number of aromatic nitrogens is 2. The van der Waals surface area contributed by atoms with Gasteiger partial charge in [0.25, 0.3) is 5.56 Å². The standard InChI is InChI=1S/C18H18FN5O4/c19-10-1-3-11(4-2-10)20-16(26)12-9-13(25)21-15-14(12)17(27)23-18(22-15)24-5-7-28-8-6-24/h1-4,12H,5-9H2,(H,20,26)(H2,21,22,23,25,27)/t12-/m0/s1. The highest BCUT2D eigenvalue weighted by atomic mass is 19.1. The molecule has 2 aliphatic heterocycles. The summed E-state index contributed by atoms with van der Waals surface area (Å²) in [5, 5.41) is 5.19. The van der Waals surface area contributed by atoms with E-state index in [9.17, 15) is 18.8 Å². The second-order valence-corrected chi connectivity index (χ2v) is 6.55. The Kier molecular flexibility index (Phi) is 4.78. The number of morpholine rings is 1. The van der Waals surface area contributed by atoms with Gasteiger partial charge in [0.15, 0.2) is 0 Å². The number of nitrogens with zero attached hydrogens (tertiary/aromatic N) is 2. The van der Waals surface area contributed by atoms with Crippen LogP contribution in [0.2, 0.25) is 0 Å². The Morgan fingerprint density at radius 2 is 1.93 bits per heavy atom. The quantitative estimate of drug-likeness (QED) is 0.718. The lowest BCUT2D eigenvalue weighted by molar-refractivity contribution is -0.123. The predicted octanol–water partition coefficient (Wildman–Crippen LogP) is 0.810. The molecule has 2 amide bonds. The lowest BCUT2D eigenvalue weighted by Gasteiger charge is -2.29. The van der Waals surface area contributed by atoms with Gasteiger partial charge in [0.05, 0.1) is 24.7 Å². The van der Waals surface area contributed by atoms with Gasteiger partial charge in [-0.1, -0.05) is 0 Å². The minimum absolute atomic E-state index is 0.0840. The average molecular weight is 387 g/mol. The summed E-state index contributed by atoms with van der Waals surface area (Å²) in [5.41, 5.74) is -0.00442. The summed E-state index contributed by atoms with van der Waals surface area (Å²) in [6.07, 6.45) is -0.179. The molecule has 2 aromatic rings.